The molecule has 1 amide bonds. The summed E-state index contributed by atoms with van der Waals surface area (Å²) in [5.74, 6) is 1.03. The largest absolute Gasteiger partial charge is 0.453 e. The molecule has 0 aliphatic carbocycles. The van der Waals surface area contributed by atoms with Crippen LogP contribution in [0.15, 0.2) is 16.5 Å². The summed E-state index contributed by atoms with van der Waals surface area (Å²) in [5.41, 5.74) is 0. The molecule has 6 heteroatoms. The molecule has 0 aromatic carbocycles. The van der Waals surface area contributed by atoms with Crippen molar-refractivity contribution in [3.05, 3.63) is 23.7 Å². The summed E-state index contributed by atoms with van der Waals surface area (Å²) in [4.78, 5) is 13.9. The molecule has 102 valence electrons. The minimum absolute atomic E-state index is 0. The van der Waals surface area contributed by atoms with Crippen LogP contribution in [0.3, 0.4) is 0 Å². The zero-order valence-electron chi connectivity index (χ0n) is 10.6. The summed E-state index contributed by atoms with van der Waals surface area (Å²) in [6, 6.07) is 3.83. The van der Waals surface area contributed by atoms with Gasteiger partial charge in [-0.15, -0.1) is 12.4 Å². The van der Waals surface area contributed by atoms with Crippen molar-refractivity contribution in [2.24, 2.45) is 0 Å². The molecule has 0 bridgehead atoms. The highest BCUT2D eigenvalue weighted by molar-refractivity contribution is 5.91. The average molecular weight is 275 g/mol. The summed E-state index contributed by atoms with van der Waals surface area (Å²) in [7, 11) is 1.60. The molecular weight excluding hydrogens is 256 g/mol. The predicted molar refractivity (Wildman–Crippen MR) is 70.0 cm³/mol. The Balaban J connectivity index is 0.00000162. The van der Waals surface area contributed by atoms with E-state index >= 15 is 0 Å². The molecule has 5 nitrogen and oxygen atoms in total. The maximum atomic E-state index is 12.1. The van der Waals surface area contributed by atoms with Crippen molar-refractivity contribution in [3.8, 4) is 0 Å². The lowest BCUT2D eigenvalue weighted by molar-refractivity contribution is 0.0669. The van der Waals surface area contributed by atoms with E-state index in [-0.39, 0.29) is 18.3 Å². The van der Waals surface area contributed by atoms with Crippen LogP contribution in [-0.2, 0) is 11.3 Å². The Kier molecular flexibility index (Phi) is 5.65. The van der Waals surface area contributed by atoms with Gasteiger partial charge in [-0.05, 0) is 19.1 Å². The smallest absolute Gasteiger partial charge is 0.289 e. The lowest BCUT2D eigenvalue weighted by atomic mass is 10.2. The van der Waals surface area contributed by atoms with Gasteiger partial charge in [0.1, 0.15) is 12.4 Å². The molecule has 1 fully saturated rings. The Morgan fingerprint density at radius 1 is 1.61 bits per heavy atom. The Morgan fingerprint density at radius 2 is 2.39 bits per heavy atom. The molecular formula is C12H19ClN2O3. The Morgan fingerprint density at radius 3 is 3.06 bits per heavy atom. The Hall–Kier alpha value is -1.04. The molecule has 0 spiro atoms. The van der Waals surface area contributed by atoms with E-state index in [9.17, 15) is 4.79 Å². The fourth-order valence-electron chi connectivity index (χ4n) is 1.99. The number of ether oxygens (including phenoxy) is 1. The van der Waals surface area contributed by atoms with E-state index in [0.29, 0.717) is 24.2 Å². The van der Waals surface area contributed by atoms with Crippen LogP contribution in [0.25, 0.3) is 0 Å². The number of carbonyl (C=O) groups is 1. The summed E-state index contributed by atoms with van der Waals surface area (Å²) in [6.07, 6.45) is 0. The third kappa shape index (κ3) is 3.48. The monoisotopic (exact) mass is 274 g/mol. The van der Waals surface area contributed by atoms with Crippen molar-refractivity contribution >= 4 is 18.3 Å². The summed E-state index contributed by atoms with van der Waals surface area (Å²) < 4.78 is 10.4. The lowest BCUT2D eigenvalue weighted by Gasteiger charge is -2.31. The first-order valence-electron chi connectivity index (χ1n) is 5.81. The molecule has 1 aliphatic rings. The molecule has 0 radical (unpaired) electrons. The minimum atomic E-state index is -0.0410. The van der Waals surface area contributed by atoms with Crippen LogP contribution >= 0.6 is 12.4 Å². The molecule has 18 heavy (non-hydrogen) atoms. The van der Waals surface area contributed by atoms with E-state index in [1.54, 1.807) is 19.2 Å². The van der Waals surface area contributed by atoms with Crippen molar-refractivity contribution < 1.29 is 13.9 Å². The number of hydrogen-bond donors (Lipinski definition) is 1. The first-order valence-corrected chi connectivity index (χ1v) is 5.81. The number of amides is 1. The van der Waals surface area contributed by atoms with Crippen molar-refractivity contribution in [2.75, 3.05) is 26.7 Å². The lowest BCUT2D eigenvalue weighted by Crippen LogP contribution is -2.51. The number of halogens is 1. The van der Waals surface area contributed by atoms with Crippen LogP contribution in [0.1, 0.15) is 23.2 Å². The minimum Gasteiger partial charge on any atom is -0.453 e. The fourth-order valence-corrected chi connectivity index (χ4v) is 1.99. The number of nitrogens with zero attached hydrogens (tertiary/aromatic N) is 1. The van der Waals surface area contributed by atoms with E-state index in [1.165, 1.54) is 0 Å². The van der Waals surface area contributed by atoms with Gasteiger partial charge in [-0.3, -0.25) is 4.79 Å². The molecule has 1 saturated heterocycles. The number of hydrogen-bond acceptors (Lipinski definition) is 4. The number of furan rings is 1. The fraction of sp³-hybridized carbons (Fsp3) is 0.583. The normalized spacial score (nSPS) is 19.4. The second kappa shape index (κ2) is 6.78. The first kappa shape index (κ1) is 15.0. The van der Waals surface area contributed by atoms with Crippen LogP contribution in [0.2, 0.25) is 0 Å². The van der Waals surface area contributed by atoms with Crippen molar-refractivity contribution in [1.82, 2.24) is 10.2 Å². The van der Waals surface area contributed by atoms with E-state index < -0.39 is 0 Å². The van der Waals surface area contributed by atoms with Gasteiger partial charge in [0, 0.05) is 32.8 Å². The summed E-state index contributed by atoms with van der Waals surface area (Å²) in [5, 5.41) is 3.30. The third-order valence-electron chi connectivity index (χ3n) is 2.82. The van der Waals surface area contributed by atoms with Crippen molar-refractivity contribution in [1.29, 1.82) is 0 Å². The number of piperazine rings is 1. The van der Waals surface area contributed by atoms with Gasteiger partial charge < -0.3 is 19.4 Å². The second-order valence-electron chi connectivity index (χ2n) is 4.31. The van der Waals surface area contributed by atoms with Crippen molar-refractivity contribution in [2.45, 2.75) is 19.6 Å². The van der Waals surface area contributed by atoms with Crippen LogP contribution < -0.4 is 5.32 Å². The quantitative estimate of drug-likeness (QED) is 0.902. The topological polar surface area (TPSA) is 54.7 Å². The van der Waals surface area contributed by atoms with Gasteiger partial charge in [-0.25, -0.2) is 0 Å². The maximum Gasteiger partial charge on any atom is 0.289 e. The van der Waals surface area contributed by atoms with E-state index in [4.69, 9.17) is 9.15 Å². The molecule has 1 aliphatic heterocycles. The number of carbonyl (C=O) groups excluding carboxylic acids is 1. The van der Waals surface area contributed by atoms with E-state index in [2.05, 4.69) is 12.2 Å². The predicted octanol–water partition coefficient (Wildman–Crippen LogP) is 1.28. The SMILES string of the molecule is COCc1ccc(C(=O)N2CCNC(C)C2)o1.Cl. The van der Waals surface area contributed by atoms with E-state index in [1.807, 2.05) is 4.90 Å². The zero-order chi connectivity index (χ0) is 12.3. The van der Waals surface area contributed by atoms with Crippen LogP contribution in [0, 0.1) is 0 Å². The molecule has 1 N–H and O–H groups in total. The first-order chi connectivity index (χ1) is 8.20. The van der Waals surface area contributed by atoms with Gasteiger partial charge in [-0.1, -0.05) is 0 Å². The average Bonchev–Trinajstić information content (AvgIpc) is 2.77. The van der Waals surface area contributed by atoms with Crippen LogP contribution in [0.4, 0.5) is 0 Å². The Bertz CT molecular complexity index is 394. The summed E-state index contributed by atoms with van der Waals surface area (Å²) in [6.45, 7) is 4.74. The van der Waals surface area contributed by atoms with Gasteiger partial charge in [0.25, 0.3) is 5.91 Å². The summed E-state index contributed by atoms with van der Waals surface area (Å²) >= 11 is 0. The number of methoxy groups -OCH3 is 1. The molecule has 2 rings (SSSR count). The molecule has 1 aromatic heterocycles. The highest BCUT2D eigenvalue weighted by Gasteiger charge is 2.23. The molecule has 0 saturated carbocycles. The molecule has 1 atom stereocenters. The van der Waals surface area contributed by atoms with Gasteiger partial charge in [-0.2, -0.15) is 0 Å². The Labute approximate surface area is 113 Å². The molecule has 1 aromatic rings. The number of rotatable bonds is 3. The van der Waals surface area contributed by atoms with Gasteiger partial charge >= 0.3 is 0 Å². The zero-order valence-corrected chi connectivity index (χ0v) is 11.5. The van der Waals surface area contributed by atoms with Gasteiger partial charge in [0.05, 0.1) is 0 Å². The van der Waals surface area contributed by atoms with Gasteiger partial charge in [0.2, 0.25) is 0 Å². The van der Waals surface area contributed by atoms with Gasteiger partial charge in [0.15, 0.2) is 5.76 Å². The third-order valence-corrected chi connectivity index (χ3v) is 2.82. The highest BCUT2D eigenvalue weighted by atomic mass is 35.5. The highest BCUT2D eigenvalue weighted by Crippen LogP contribution is 2.12. The number of nitrogens with one attached hydrogen (secondary N) is 1. The molecule has 2 heterocycles. The second-order valence-corrected chi connectivity index (χ2v) is 4.31. The van der Waals surface area contributed by atoms with Crippen LogP contribution in [-0.4, -0.2) is 43.6 Å². The van der Waals surface area contributed by atoms with E-state index in [0.717, 1.165) is 19.6 Å². The van der Waals surface area contributed by atoms with Crippen molar-refractivity contribution in [3.63, 3.8) is 0 Å². The maximum absolute atomic E-state index is 12.1. The molecule has 1 unspecified atom stereocenters. The van der Waals surface area contributed by atoms with Crippen LogP contribution in [0.5, 0.6) is 0 Å². The standard InChI is InChI=1S/C12H18N2O3.ClH/c1-9-7-14(6-5-13-9)12(15)11-4-3-10(17-11)8-16-2;/h3-4,9,13H,5-8H2,1-2H3;1H.